The van der Waals surface area contributed by atoms with Crippen molar-refractivity contribution in [2.24, 2.45) is 0 Å². The Labute approximate surface area is 142 Å². The Morgan fingerprint density at radius 3 is 2.48 bits per heavy atom. The van der Waals surface area contributed by atoms with Crippen LogP contribution in [0.2, 0.25) is 0 Å². The van der Waals surface area contributed by atoms with Crippen LogP contribution in [-0.4, -0.2) is 23.2 Å². The van der Waals surface area contributed by atoms with Gasteiger partial charge in [0, 0.05) is 12.5 Å². The SMILES string of the molecule is CC(C)(Br)C(=O)OCCc1ccc(Oc2ccc(C=O)o2)cc1. The van der Waals surface area contributed by atoms with Gasteiger partial charge in [-0.05, 0) is 37.6 Å². The van der Waals surface area contributed by atoms with Crippen molar-refractivity contribution in [1.29, 1.82) is 0 Å². The second-order valence-corrected chi connectivity index (χ2v) is 7.36. The molecule has 0 N–H and O–H groups in total. The van der Waals surface area contributed by atoms with E-state index < -0.39 is 4.32 Å². The number of carbonyl (C=O) groups excluding carboxylic acids is 2. The van der Waals surface area contributed by atoms with E-state index in [0.717, 1.165) is 5.56 Å². The first-order valence-electron chi connectivity index (χ1n) is 7.06. The number of hydrogen-bond donors (Lipinski definition) is 0. The van der Waals surface area contributed by atoms with Gasteiger partial charge in [0.05, 0.1) is 6.61 Å². The highest BCUT2D eigenvalue weighted by Crippen LogP contribution is 2.23. The lowest BCUT2D eigenvalue weighted by atomic mass is 10.1. The maximum atomic E-state index is 11.6. The number of hydrogen-bond acceptors (Lipinski definition) is 5. The van der Waals surface area contributed by atoms with Crippen molar-refractivity contribution in [1.82, 2.24) is 0 Å². The Morgan fingerprint density at radius 2 is 1.91 bits per heavy atom. The largest absolute Gasteiger partial charge is 0.464 e. The van der Waals surface area contributed by atoms with Crippen LogP contribution < -0.4 is 4.74 Å². The number of alkyl halides is 1. The number of furan rings is 1. The van der Waals surface area contributed by atoms with Gasteiger partial charge >= 0.3 is 5.97 Å². The Balaban J connectivity index is 1.84. The van der Waals surface area contributed by atoms with E-state index in [1.807, 2.05) is 12.1 Å². The van der Waals surface area contributed by atoms with Gasteiger partial charge in [-0.1, -0.05) is 28.1 Å². The van der Waals surface area contributed by atoms with Crippen LogP contribution in [0.1, 0.15) is 30.0 Å². The molecule has 0 aliphatic carbocycles. The van der Waals surface area contributed by atoms with Crippen LogP contribution in [0.25, 0.3) is 0 Å². The van der Waals surface area contributed by atoms with Crippen LogP contribution in [0.5, 0.6) is 11.7 Å². The van der Waals surface area contributed by atoms with Crippen molar-refractivity contribution in [2.75, 3.05) is 6.61 Å². The van der Waals surface area contributed by atoms with E-state index in [9.17, 15) is 9.59 Å². The zero-order valence-electron chi connectivity index (χ0n) is 12.9. The fourth-order valence-corrected chi connectivity index (χ4v) is 1.84. The normalized spacial score (nSPS) is 11.1. The summed E-state index contributed by atoms with van der Waals surface area (Å²) < 4.78 is 15.1. The minimum absolute atomic E-state index is 0.216. The third-order valence-corrected chi connectivity index (χ3v) is 3.29. The highest BCUT2D eigenvalue weighted by atomic mass is 79.9. The maximum Gasteiger partial charge on any atom is 0.322 e. The highest BCUT2D eigenvalue weighted by Gasteiger charge is 2.25. The van der Waals surface area contributed by atoms with Crippen LogP contribution in [0.3, 0.4) is 0 Å². The lowest BCUT2D eigenvalue weighted by Crippen LogP contribution is -2.27. The Bertz CT molecular complexity index is 667. The molecule has 0 saturated heterocycles. The lowest BCUT2D eigenvalue weighted by molar-refractivity contribution is -0.145. The standard InChI is InChI=1S/C17H17BrO5/c1-17(2,18)16(20)21-10-9-12-3-5-13(6-4-12)22-15-8-7-14(11-19)23-15/h3-8,11H,9-10H2,1-2H3. The number of rotatable bonds is 7. The Kier molecular flexibility index (Phi) is 5.60. The summed E-state index contributed by atoms with van der Waals surface area (Å²) in [5, 5.41) is 0. The average Bonchev–Trinajstić information content (AvgIpc) is 2.95. The number of esters is 1. The van der Waals surface area contributed by atoms with Crippen molar-refractivity contribution in [2.45, 2.75) is 24.6 Å². The second kappa shape index (κ2) is 7.46. The first-order valence-corrected chi connectivity index (χ1v) is 7.86. The monoisotopic (exact) mass is 380 g/mol. The summed E-state index contributed by atoms with van der Waals surface area (Å²) in [6.45, 7) is 3.80. The molecular formula is C17H17BrO5. The quantitative estimate of drug-likeness (QED) is 0.410. The second-order valence-electron chi connectivity index (χ2n) is 5.38. The van der Waals surface area contributed by atoms with Crippen molar-refractivity contribution >= 4 is 28.2 Å². The van der Waals surface area contributed by atoms with Gasteiger partial charge in [-0.25, -0.2) is 0 Å². The molecule has 1 heterocycles. The molecule has 6 heteroatoms. The van der Waals surface area contributed by atoms with Crippen LogP contribution in [-0.2, 0) is 16.0 Å². The molecule has 2 aromatic rings. The molecule has 0 spiro atoms. The number of benzene rings is 1. The molecule has 1 aromatic heterocycles. The van der Waals surface area contributed by atoms with Gasteiger partial charge in [0.15, 0.2) is 12.0 Å². The number of halogens is 1. The molecule has 23 heavy (non-hydrogen) atoms. The van der Waals surface area contributed by atoms with E-state index in [-0.39, 0.29) is 17.7 Å². The van der Waals surface area contributed by atoms with E-state index in [4.69, 9.17) is 13.9 Å². The molecule has 0 atom stereocenters. The van der Waals surface area contributed by atoms with Crippen molar-refractivity contribution in [3.05, 3.63) is 47.7 Å². The summed E-state index contributed by atoms with van der Waals surface area (Å²) in [5.41, 5.74) is 1.02. The first-order chi connectivity index (χ1) is 10.9. The molecule has 0 aliphatic rings. The van der Waals surface area contributed by atoms with Gasteiger partial charge < -0.3 is 13.9 Å². The molecule has 0 radical (unpaired) electrons. The van der Waals surface area contributed by atoms with Crippen molar-refractivity contribution < 1.29 is 23.5 Å². The third kappa shape index (κ3) is 5.25. The maximum absolute atomic E-state index is 11.6. The van der Waals surface area contributed by atoms with Gasteiger partial charge in [-0.15, -0.1) is 0 Å². The van der Waals surface area contributed by atoms with Gasteiger partial charge in [0.1, 0.15) is 10.1 Å². The van der Waals surface area contributed by atoms with Crippen LogP contribution >= 0.6 is 15.9 Å². The van der Waals surface area contributed by atoms with Crippen LogP contribution in [0.15, 0.2) is 40.8 Å². The summed E-state index contributed by atoms with van der Waals surface area (Å²) in [6.07, 6.45) is 1.23. The lowest BCUT2D eigenvalue weighted by Gasteiger charge is -2.14. The molecule has 2 rings (SSSR count). The summed E-state index contributed by atoms with van der Waals surface area (Å²) in [7, 11) is 0. The summed E-state index contributed by atoms with van der Waals surface area (Å²) in [5.74, 6) is 0.780. The summed E-state index contributed by atoms with van der Waals surface area (Å²) in [6, 6.07) is 10.5. The smallest absolute Gasteiger partial charge is 0.322 e. The summed E-state index contributed by atoms with van der Waals surface area (Å²) >= 11 is 3.26. The van der Waals surface area contributed by atoms with Crippen LogP contribution in [0.4, 0.5) is 0 Å². The molecule has 1 aromatic carbocycles. The molecule has 0 aliphatic heterocycles. The molecule has 122 valence electrons. The van der Waals surface area contributed by atoms with Gasteiger partial charge in [0.2, 0.25) is 0 Å². The zero-order chi connectivity index (χ0) is 16.9. The Hall–Kier alpha value is -2.08. The minimum Gasteiger partial charge on any atom is -0.464 e. The minimum atomic E-state index is -0.673. The third-order valence-electron chi connectivity index (χ3n) is 2.97. The predicted octanol–water partition coefficient (Wildman–Crippen LogP) is 4.14. The van der Waals surface area contributed by atoms with E-state index in [0.29, 0.717) is 25.1 Å². The number of ether oxygens (including phenoxy) is 2. The molecule has 0 bridgehead atoms. The fourth-order valence-electron chi connectivity index (χ4n) is 1.73. The van der Waals surface area contributed by atoms with E-state index in [1.165, 1.54) is 6.07 Å². The molecular weight excluding hydrogens is 364 g/mol. The van der Waals surface area contributed by atoms with Crippen LogP contribution in [0, 0.1) is 0 Å². The predicted molar refractivity (Wildman–Crippen MR) is 88.3 cm³/mol. The molecule has 5 nitrogen and oxygen atoms in total. The van der Waals surface area contributed by atoms with Gasteiger partial charge in [-0.3, -0.25) is 9.59 Å². The topological polar surface area (TPSA) is 65.7 Å². The van der Waals surface area contributed by atoms with E-state index in [2.05, 4.69) is 15.9 Å². The molecule has 0 amide bonds. The highest BCUT2D eigenvalue weighted by molar-refractivity contribution is 9.10. The van der Waals surface area contributed by atoms with E-state index in [1.54, 1.807) is 32.0 Å². The molecule has 0 unspecified atom stereocenters. The summed E-state index contributed by atoms with van der Waals surface area (Å²) in [4.78, 5) is 22.2. The van der Waals surface area contributed by atoms with Crippen molar-refractivity contribution in [3.63, 3.8) is 0 Å². The fraction of sp³-hybridized carbons (Fsp3) is 0.294. The number of aldehydes is 1. The van der Waals surface area contributed by atoms with Crippen molar-refractivity contribution in [3.8, 4) is 11.7 Å². The van der Waals surface area contributed by atoms with E-state index >= 15 is 0 Å². The van der Waals surface area contributed by atoms with Gasteiger partial charge in [0.25, 0.3) is 5.95 Å². The number of carbonyl (C=O) groups is 2. The van der Waals surface area contributed by atoms with Gasteiger partial charge in [-0.2, -0.15) is 0 Å². The molecule has 0 fully saturated rings. The Morgan fingerprint density at radius 1 is 1.22 bits per heavy atom. The average molecular weight is 381 g/mol. The molecule has 0 saturated carbocycles. The zero-order valence-corrected chi connectivity index (χ0v) is 14.5. The first kappa shape index (κ1) is 17.3.